The molecule has 5 rings (SSSR count). The third-order valence-electron chi connectivity index (χ3n) is 6.02. The quantitative estimate of drug-likeness (QED) is 0.719. The lowest BCUT2D eigenvalue weighted by molar-refractivity contribution is 0.0926. The minimum Gasteiger partial charge on any atom is -0.372 e. The second-order valence-electron chi connectivity index (χ2n) is 7.99. The smallest absolute Gasteiger partial charge is 0.272 e. The predicted molar refractivity (Wildman–Crippen MR) is 116 cm³/mol. The Balaban J connectivity index is 1.39. The van der Waals surface area contributed by atoms with Gasteiger partial charge < -0.3 is 10.2 Å². The average Bonchev–Trinajstić information content (AvgIpc) is 3.35. The molecule has 6 nitrogen and oxygen atoms in total. The van der Waals surface area contributed by atoms with Gasteiger partial charge in [0.15, 0.2) is 0 Å². The maximum absolute atomic E-state index is 12.6. The van der Waals surface area contributed by atoms with Crippen LogP contribution in [0.3, 0.4) is 0 Å². The summed E-state index contributed by atoms with van der Waals surface area (Å²) in [7, 11) is 0. The molecule has 1 N–H and O–H groups in total. The van der Waals surface area contributed by atoms with Gasteiger partial charge in [-0.2, -0.15) is 0 Å². The molecule has 1 aromatic carbocycles. The SMILES string of the molecule is O=C(NC1CCCc2ccc(-c3ccc(N4CCCC4)cc3)nc21)c1cnccn1. The number of carbonyl (C=O) groups excluding carboxylic acids is 1. The number of amides is 1. The van der Waals surface area contributed by atoms with Crippen LogP contribution in [0.25, 0.3) is 11.3 Å². The van der Waals surface area contributed by atoms with Crippen LogP contribution in [0, 0.1) is 0 Å². The molecule has 2 aliphatic rings. The molecule has 2 aromatic heterocycles. The third-order valence-corrected chi connectivity index (χ3v) is 6.02. The predicted octanol–water partition coefficient (Wildman–Crippen LogP) is 3.95. The highest BCUT2D eigenvalue weighted by molar-refractivity contribution is 5.92. The van der Waals surface area contributed by atoms with E-state index in [2.05, 4.69) is 56.6 Å². The summed E-state index contributed by atoms with van der Waals surface area (Å²) < 4.78 is 0. The number of carbonyl (C=O) groups is 1. The summed E-state index contributed by atoms with van der Waals surface area (Å²) in [6.07, 6.45) is 10.0. The van der Waals surface area contributed by atoms with Gasteiger partial charge in [0.05, 0.1) is 23.6 Å². The Kier molecular flexibility index (Phi) is 5.13. The van der Waals surface area contributed by atoms with Crippen LogP contribution in [0.1, 0.15) is 53.5 Å². The van der Waals surface area contributed by atoms with Crippen LogP contribution in [0.5, 0.6) is 0 Å². The van der Waals surface area contributed by atoms with Crippen molar-refractivity contribution in [3.05, 3.63) is 71.9 Å². The van der Waals surface area contributed by atoms with Crippen molar-refractivity contribution in [2.24, 2.45) is 0 Å². The second kappa shape index (κ2) is 8.22. The Labute approximate surface area is 176 Å². The maximum atomic E-state index is 12.6. The van der Waals surface area contributed by atoms with Gasteiger partial charge in [0, 0.05) is 36.7 Å². The number of nitrogens with one attached hydrogen (secondary N) is 1. The second-order valence-corrected chi connectivity index (χ2v) is 7.99. The first-order chi connectivity index (χ1) is 14.8. The summed E-state index contributed by atoms with van der Waals surface area (Å²) in [6, 6.07) is 12.8. The minimum atomic E-state index is -0.205. The summed E-state index contributed by atoms with van der Waals surface area (Å²) in [4.78, 5) is 28.1. The molecule has 1 aliphatic carbocycles. The molecular formula is C24H25N5O. The van der Waals surface area contributed by atoms with Crippen LogP contribution >= 0.6 is 0 Å². The maximum Gasteiger partial charge on any atom is 0.272 e. The average molecular weight is 399 g/mol. The molecule has 1 fully saturated rings. The molecule has 152 valence electrons. The number of aryl methyl sites for hydroxylation is 1. The number of hydrogen-bond donors (Lipinski definition) is 1. The van der Waals surface area contributed by atoms with Crippen LogP contribution in [-0.2, 0) is 6.42 Å². The van der Waals surface area contributed by atoms with E-state index in [1.165, 1.54) is 36.5 Å². The molecule has 1 amide bonds. The molecule has 0 spiro atoms. The molecular weight excluding hydrogens is 374 g/mol. The highest BCUT2D eigenvalue weighted by atomic mass is 16.1. The lowest BCUT2D eigenvalue weighted by atomic mass is 9.91. The van der Waals surface area contributed by atoms with Crippen LogP contribution in [0.15, 0.2) is 55.0 Å². The van der Waals surface area contributed by atoms with E-state index in [9.17, 15) is 4.79 Å². The Bertz CT molecular complexity index is 1030. The lowest BCUT2D eigenvalue weighted by Gasteiger charge is -2.26. The molecule has 1 saturated heterocycles. The number of pyridine rings is 1. The van der Waals surface area contributed by atoms with Crippen molar-refractivity contribution < 1.29 is 4.79 Å². The summed E-state index contributed by atoms with van der Waals surface area (Å²) in [6.45, 7) is 2.28. The fourth-order valence-corrected chi connectivity index (χ4v) is 4.42. The number of anilines is 1. The summed E-state index contributed by atoms with van der Waals surface area (Å²) in [5, 5.41) is 3.11. The Morgan fingerprint density at radius 1 is 1.00 bits per heavy atom. The van der Waals surface area contributed by atoms with Crippen LogP contribution < -0.4 is 10.2 Å². The first-order valence-electron chi connectivity index (χ1n) is 10.7. The number of aromatic nitrogens is 3. The van der Waals surface area contributed by atoms with Gasteiger partial charge in [0.25, 0.3) is 5.91 Å². The molecule has 3 aromatic rings. The monoisotopic (exact) mass is 399 g/mol. The molecule has 1 unspecified atom stereocenters. The van der Waals surface area contributed by atoms with Crippen molar-refractivity contribution >= 4 is 11.6 Å². The van der Waals surface area contributed by atoms with E-state index >= 15 is 0 Å². The zero-order chi connectivity index (χ0) is 20.3. The summed E-state index contributed by atoms with van der Waals surface area (Å²) >= 11 is 0. The summed E-state index contributed by atoms with van der Waals surface area (Å²) in [5.74, 6) is -0.205. The van der Waals surface area contributed by atoms with Gasteiger partial charge in [-0.1, -0.05) is 18.2 Å². The number of benzene rings is 1. The molecule has 6 heteroatoms. The molecule has 0 radical (unpaired) electrons. The minimum absolute atomic E-state index is 0.105. The van der Waals surface area contributed by atoms with E-state index in [0.717, 1.165) is 49.3 Å². The van der Waals surface area contributed by atoms with Gasteiger partial charge in [0.1, 0.15) is 5.69 Å². The molecule has 30 heavy (non-hydrogen) atoms. The normalized spacial score (nSPS) is 18.1. The van der Waals surface area contributed by atoms with Crippen LogP contribution in [-0.4, -0.2) is 33.9 Å². The highest BCUT2D eigenvalue weighted by Gasteiger charge is 2.25. The zero-order valence-electron chi connectivity index (χ0n) is 16.9. The van der Waals surface area contributed by atoms with Gasteiger partial charge in [-0.15, -0.1) is 0 Å². The number of rotatable bonds is 4. The van der Waals surface area contributed by atoms with Crippen molar-refractivity contribution in [1.29, 1.82) is 0 Å². The fourth-order valence-electron chi connectivity index (χ4n) is 4.42. The van der Waals surface area contributed by atoms with Crippen molar-refractivity contribution in [3.63, 3.8) is 0 Å². The first-order valence-corrected chi connectivity index (χ1v) is 10.7. The fraction of sp³-hybridized carbons (Fsp3) is 0.333. The zero-order valence-corrected chi connectivity index (χ0v) is 16.9. The summed E-state index contributed by atoms with van der Waals surface area (Å²) in [5.41, 5.74) is 5.84. The van der Waals surface area contributed by atoms with E-state index in [1.807, 2.05) is 0 Å². The van der Waals surface area contributed by atoms with E-state index in [1.54, 1.807) is 6.20 Å². The number of hydrogen-bond acceptors (Lipinski definition) is 5. The standard InChI is InChI=1S/C24H25N5O/c30-24(22-16-25-12-13-26-22)28-21-5-3-4-18-8-11-20(27-23(18)21)17-6-9-19(10-7-17)29-14-1-2-15-29/h6-13,16,21H,1-5,14-15H2,(H,28,30). The lowest BCUT2D eigenvalue weighted by Crippen LogP contribution is -2.32. The molecule has 3 heterocycles. The van der Waals surface area contributed by atoms with Crippen LogP contribution in [0.2, 0.25) is 0 Å². The van der Waals surface area contributed by atoms with Crippen molar-refractivity contribution in [3.8, 4) is 11.3 Å². The van der Waals surface area contributed by atoms with Gasteiger partial charge >= 0.3 is 0 Å². The van der Waals surface area contributed by atoms with E-state index in [0.29, 0.717) is 5.69 Å². The Hall–Kier alpha value is -3.28. The molecule has 0 bridgehead atoms. The Morgan fingerprint density at radius 2 is 1.83 bits per heavy atom. The van der Waals surface area contributed by atoms with E-state index < -0.39 is 0 Å². The van der Waals surface area contributed by atoms with Crippen molar-refractivity contribution in [2.45, 2.75) is 38.1 Å². The van der Waals surface area contributed by atoms with Gasteiger partial charge in [-0.05, 0) is 55.9 Å². The van der Waals surface area contributed by atoms with Crippen molar-refractivity contribution in [1.82, 2.24) is 20.3 Å². The number of nitrogens with zero attached hydrogens (tertiary/aromatic N) is 4. The molecule has 1 aliphatic heterocycles. The first kappa shape index (κ1) is 18.7. The van der Waals surface area contributed by atoms with Gasteiger partial charge in [-0.3, -0.25) is 14.8 Å². The molecule has 0 saturated carbocycles. The highest BCUT2D eigenvalue weighted by Crippen LogP contribution is 2.31. The Morgan fingerprint density at radius 3 is 2.60 bits per heavy atom. The van der Waals surface area contributed by atoms with Gasteiger partial charge in [0.2, 0.25) is 0 Å². The largest absolute Gasteiger partial charge is 0.372 e. The topological polar surface area (TPSA) is 71.0 Å². The van der Waals surface area contributed by atoms with E-state index in [-0.39, 0.29) is 11.9 Å². The van der Waals surface area contributed by atoms with Crippen molar-refractivity contribution in [2.75, 3.05) is 18.0 Å². The molecule has 1 atom stereocenters. The third kappa shape index (κ3) is 3.77. The van der Waals surface area contributed by atoms with Crippen LogP contribution in [0.4, 0.5) is 5.69 Å². The number of fused-ring (bicyclic) bond motifs is 1. The van der Waals surface area contributed by atoms with Gasteiger partial charge in [-0.25, -0.2) is 4.98 Å². The van der Waals surface area contributed by atoms with E-state index in [4.69, 9.17) is 4.98 Å².